The summed E-state index contributed by atoms with van der Waals surface area (Å²) in [5.74, 6) is -1.17. The molecule has 1 aliphatic heterocycles. The number of rotatable bonds is 10. The molecule has 45 heavy (non-hydrogen) atoms. The van der Waals surface area contributed by atoms with E-state index in [0.29, 0.717) is 31.5 Å². The van der Waals surface area contributed by atoms with E-state index in [2.05, 4.69) is 88.2 Å². The Balaban J connectivity index is 1.11. The van der Waals surface area contributed by atoms with Crippen LogP contribution >= 0.6 is 11.9 Å². The van der Waals surface area contributed by atoms with Crippen LogP contribution in [-0.4, -0.2) is 44.3 Å². The van der Waals surface area contributed by atoms with Crippen molar-refractivity contribution in [2.45, 2.75) is 30.8 Å². The molecule has 7 heteroatoms. The summed E-state index contributed by atoms with van der Waals surface area (Å²) in [7, 11) is 0. The van der Waals surface area contributed by atoms with E-state index in [1.54, 1.807) is 23.0 Å². The van der Waals surface area contributed by atoms with E-state index in [0.717, 1.165) is 29.8 Å². The molecule has 4 aromatic carbocycles. The van der Waals surface area contributed by atoms with Gasteiger partial charge in [0.1, 0.15) is 0 Å². The monoisotopic (exact) mass is 613 g/mol. The topological polar surface area (TPSA) is 73.7 Å². The molecule has 6 rings (SSSR count). The third-order valence-electron chi connectivity index (χ3n) is 8.19. The number of carbonyl (C=O) groups excluding carboxylic acids is 1. The number of carboxylic acids is 1. The van der Waals surface area contributed by atoms with E-state index in [1.165, 1.54) is 21.6 Å². The van der Waals surface area contributed by atoms with Crippen LogP contribution in [0.5, 0.6) is 0 Å². The number of amides is 1. The number of aliphatic carboxylic acids is 1. The van der Waals surface area contributed by atoms with E-state index >= 15 is 0 Å². The number of nitrogens with zero attached hydrogens (tertiary/aromatic N) is 3. The fourth-order valence-electron chi connectivity index (χ4n) is 5.63. The highest BCUT2D eigenvalue weighted by molar-refractivity contribution is 7.97. The lowest BCUT2D eigenvalue weighted by Gasteiger charge is -2.30. The summed E-state index contributed by atoms with van der Waals surface area (Å²) >= 11 is 1.74. The molecule has 0 aliphatic carbocycles. The molecule has 1 N–H and O–H groups in total. The molecule has 0 bridgehead atoms. The Morgan fingerprint density at radius 3 is 1.89 bits per heavy atom. The number of pyridine rings is 1. The Hall–Kier alpha value is -4.72. The van der Waals surface area contributed by atoms with E-state index < -0.39 is 5.97 Å². The normalized spacial score (nSPS) is 13.6. The lowest BCUT2D eigenvalue weighted by Crippen LogP contribution is -2.40. The lowest BCUT2D eigenvalue weighted by atomic mass is 9.96. The fraction of sp³-hybridized carbons (Fsp3) is 0.184. The molecule has 0 unspecified atom stereocenters. The zero-order valence-corrected chi connectivity index (χ0v) is 25.8. The van der Waals surface area contributed by atoms with Crippen LogP contribution in [0.1, 0.15) is 34.3 Å². The van der Waals surface area contributed by atoms with Gasteiger partial charge in [-0.1, -0.05) is 84.9 Å². The predicted molar refractivity (Wildman–Crippen MR) is 179 cm³/mol. The van der Waals surface area contributed by atoms with Gasteiger partial charge in [0.25, 0.3) is 5.91 Å². The summed E-state index contributed by atoms with van der Waals surface area (Å²) in [6, 6.07) is 39.5. The van der Waals surface area contributed by atoms with Crippen LogP contribution in [0.25, 0.3) is 22.3 Å². The summed E-state index contributed by atoms with van der Waals surface area (Å²) in [5.41, 5.74) is 7.53. The number of likely N-dealkylation sites (tertiary alicyclic amines) is 1. The van der Waals surface area contributed by atoms with Gasteiger partial charge in [-0.15, -0.1) is 0 Å². The predicted octanol–water partition coefficient (Wildman–Crippen LogP) is 8.06. The van der Waals surface area contributed by atoms with Gasteiger partial charge in [0.2, 0.25) is 0 Å². The zero-order chi connectivity index (χ0) is 31.0. The van der Waals surface area contributed by atoms with Crippen LogP contribution in [0.3, 0.4) is 0 Å². The highest BCUT2D eigenvalue weighted by Crippen LogP contribution is 2.30. The van der Waals surface area contributed by atoms with Crippen LogP contribution in [0, 0.1) is 5.92 Å². The molecule has 2 heterocycles. The van der Waals surface area contributed by atoms with Gasteiger partial charge in [0, 0.05) is 49.0 Å². The third kappa shape index (κ3) is 7.87. The molecule has 1 amide bonds. The van der Waals surface area contributed by atoms with E-state index in [4.69, 9.17) is 0 Å². The van der Waals surface area contributed by atoms with Crippen molar-refractivity contribution in [1.82, 2.24) is 14.2 Å². The minimum atomic E-state index is -0.772. The second-order valence-corrected chi connectivity index (χ2v) is 12.5. The number of aromatic nitrogens is 1. The van der Waals surface area contributed by atoms with Crippen LogP contribution in [0.15, 0.2) is 133 Å². The van der Waals surface area contributed by atoms with Crippen molar-refractivity contribution in [2.75, 3.05) is 13.1 Å². The quantitative estimate of drug-likeness (QED) is 0.161. The molecule has 5 aromatic rings. The van der Waals surface area contributed by atoms with Crippen LogP contribution in [-0.2, 0) is 17.9 Å². The Kier molecular flexibility index (Phi) is 9.68. The van der Waals surface area contributed by atoms with Crippen molar-refractivity contribution in [2.24, 2.45) is 5.92 Å². The molecule has 0 radical (unpaired) electrons. The van der Waals surface area contributed by atoms with Crippen molar-refractivity contribution < 1.29 is 14.7 Å². The first-order valence-electron chi connectivity index (χ1n) is 15.2. The second-order valence-electron chi connectivity index (χ2n) is 11.3. The standard InChI is InChI=1S/C38H35N3O3S/c42-37(40-23-20-35(21-24-40)38(43)44)34-14-12-32(13-15-34)31-10-8-28(9-11-31)26-41(27-29-5-4-22-39-25-29)45-36-18-16-33(17-19-36)30-6-2-1-3-7-30/h1-19,22,25,35H,20-21,23-24,26-27H2,(H,43,44). The SMILES string of the molecule is O=C(O)C1CCN(C(=O)c2ccc(-c3ccc(CN(Cc4cccnc4)Sc4ccc(-c5ccccc5)cc4)cc3)cc2)CC1. The maximum Gasteiger partial charge on any atom is 0.306 e. The van der Waals surface area contributed by atoms with Crippen molar-refractivity contribution in [3.05, 3.63) is 144 Å². The van der Waals surface area contributed by atoms with E-state index in [1.807, 2.05) is 42.6 Å². The molecule has 0 spiro atoms. The third-order valence-corrected chi connectivity index (χ3v) is 9.19. The van der Waals surface area contributed by atoms with Gasteiger partial charge in [-0.3, -0.25) is 14.6 Å². The number of benzene rings is 4. The molecule has 226 valence electrons. The summed E-state index contributed by atoms with van der Waals surface area (Å²) in [6.07, 6.45) is 4.73. The van der Waals surface area contributed by atoms with Crippen molar-refractivity contribution in [1.29, 1.82) is 0 Å². The second kappa shape index (κ2) is 14.4. The van der Waals surface area contributed by atoms with Gasteiger partial charge in [-0.2, -0.15) is 0 Å². The first-order valence-corrected chi connectivity index (χ1v) is 16.0. The number of carbonyl (C=O) groups is 2. The van der Waals surface area contributed by atoms with Crippen LogP contribution < -0.4 is 0 Å². The number of piperidine rings is 1. The molecular formula is C38H35N3O3S. The van der Waals surface area contributed by atoms with Crippen molar-refractivity contribution in [3.63, 3.8) is 0 Å². The van der Waals surface area contributed by atoms with Crippen molar-refractivity contribution >= 4 is 23.8 Å². The maximum atomic E-state index is 13.0. The summed E-state index contributed by atoms with van der Waals surface area (Å²) in [5, 5.41) is 9.23. The smallest absolute Gasteiger partial charge is 0.306 e. The Labute approximate surface area is 268 Å². The van der Waals surface area contributed by atoms with Gasteiger partial charge in [-0.05, 0) is 88.5 Å². The van der Waals surface area contributed by atoms with Gasteiger partial charge in [-0.25, -0.2) is 4.31 Å². The Morgan fingerprint density at radius 1 is 0.711 bits per heavy atom. The zero-order valence-electron chi connectivity index (χ0n) is 25.0. The van der Waals surface area contributed by atoms with E-state index in [9.17, 15) is 14.7 Å². The lowest BCUT2D eigenvalue weighted by molar-refractivity contribution is -0.143. The van der Waals surface area contributed by atoms with Gasteiger partial charge >= 0.3 is 5.97 Å². The minimum Gasteiger partial charge on any atom is -0.481 e. The van der Waals surface area contributed by atoms with Gasteiger partial charge in [0.15, 0.2) is 0 Å². The summed E-state index contributed by atoms with van der Waals surface area (Å²) < 4.78 is 2.35. The molecular weight excluding hydrogens is 579 g/mol. The number of carboxylic acid groups (broad SMARTS) is 1. The average molecular weight is 614 g/mol. The highest BCUT2D eigenvalue weighted by Gasteiger charge is 2.27. The van der Waals surface area contributed by atoms with Crippen molar-refractivity contribution in [3.8, 4) is 22.3 Å². The fourth-order valence-corrected chi connectivity index (χ4v) is 6.61. The molecule has 0 atom stereocenters. The van der Waals surface area contributed by atoms with Gasteiger partial charge in [0.05, 0.1) is 5.92 Å². The number of hydrogen-bond donors (Lipinski definition) is 1. The summed E-state index contributed by atoms with van der Waals surface area (Å²) in [6.45, 7) is 2.47. The largest absolute Gasteiger partial charge is 0.481 e. The van der Waals surface area contributed by atoms with Crippen LogP contribution in [0.2, 0.25) is 0 Å². The highest BCUT2D eigenvalue weighted by atomic mass is 32.2. The Bertz CT molecular complexity index is 1700. The average Bonchev–Trinajstić information content (AvgIpc) is 3.09. The Morgan fingerprint density at radius 2 is 1.29 bits per heavy atom. The maximum absolute atomic E-state index is 13.0. The minimum absolute atomic E-state index is 0.0401. The molecule has 6 nitrogen and oxygen atoms in total. The molecule has 1 aliphatic rings. The molecule has 1 fully saturated rings. The van der Waals surface area contributed by atoms with Gasteiger partial charge < -0.3 is 10.0 Å². The first-order chi connectivity index (χ1) is 22.0. The molecule has 0 saturated carbocycles. The molecule has 1 saturated heterocycles. The molecule has 1 aromatic heterocycles. The first kappa shape index (κ1) is 30.3. The number of hydrogen-bond acceptors (Lipinski definition) is 5. The summed E-state index contributed by atoms with van der Waals surface area (Å²) in [4.78, 5) is 31.5. The van der Waals surface area contributed by atoms with E-state index in [-0.39, 0.29) is 11.8 Å². The van der Waals surface area contributed by atoms with Crippen LogP contribution in [0.4, 0.5) is 0 Å².